The van der Waals surface area contributed by atoms with Crippen molar-refractivity contribution in [3.63, 3.8) is 0 Å². The van der Waals surface area contributed by atoms with Crippen molar-refractivity contribution < 1.29 is 0 Å². The van der Waals surface area contributed by atoms with Crippen molar-refractivity contribution in [3.05, 3.63) is 109 Å². The zero-order valence-electron chi connectivity index (χ0n) is 17.7. The Morgan fingerprint density at radius 3 is 2.59 bits per heavy atom. The monoisotopic (exact) mass is 430 g/mol. The molecule has 0 bridgehead atoms. The maximum Gasteiger partial charge on any atom is 0.0548 e. The lowest BCUT2D eigenvalue weighted by molar-refractivity contribution is 0.991. The van der Waals surface area contributed by atoms with E-state index in [2.05, 4.69) is 94.3 Å². The first-order chi connectivity index (χ1) is 15.8. The number of fused-ring (bicyclic) bond motifs is 5. The lowest BCUT2D eigenvalue weighted by Gasteiger charge is -2.10. The van der Waals surface area contributed by atoms with E-state index in [1.54, 1.807) is 11.3 Å². The molecule has 0 N–H and O–H groups in total. The van der Waals surface area contributed by atoms with Crippen LogP contribution >= 0.6 is 11.3 Å². The average Bonchev–Trinajstić information content (AvgIpc) is 3.45. The van der Waals surface area contributed by atoms with Gasteiger partial charge in [0.1, 0.15) is 0 Å². The molecular weight excluding hydrogens is 408 g/mol. The first kappa shape index (κ1) is 19.0. The topological polar surface area (TPSA) is 17.8 Å². The molecule has 2 nitrogen and oxygen atoms in total. The molecule has 0 saturated carbocycles. The number of thiophene rings is 1. The maximum absolute atomic E-state index is 4.45. The normalized spacial score (nSPS) is 11.5. The molecule has 0 atom stereocenters. The third kappa shape index (κ3) is 3.05. The first-order valence-corrected chi connectivity index (χ1v) is 11.8. The van der Waals surface area contributed by atoms with Gasteiger partial charge in [-0.05, 0) is 71.8 Å². The van der Waals surface area contributed by atoms with Crippen molar-refractivity contribution in [2.75, 3.05) is 0 Å². The Morgan fingerprint density at radius 2 is 1.72 bits per heavy atom. The van der Waals surface area contributed by atoms with Crippen LogP contribution in [0.2, 0.25) is 0 Å². The van der Waals surface area contributed by atoms with Gasteiger partial charge in [0.05, 0.1) is 11.0 Å². The fourth-order valence-corrected chi connectivity index (χ4v) is 5.44. The van der Waals surface area contributed by atoms with E-state index < -0.39 is 0 Å². The predicted octanol–water partition coefficient (Wildman–Crippen LogP) is 8.18. The van der Waals surface area contributed by atoms with Gasteiger partial charge >= 0.3 is 0 Å². The van der Waals surface area contributed by atoms with Crippen molar-refractivity contribution in [1.82, 2.24) is 9.55 Å². The Labute approximate surface area is 191 Å². The SMILES string of the molecule is C=CCCc1cncc(-c2ccc(-n3c4ccccc4c4c5ccsc5ccc43)cc2)c1. The van der Waals surface area contributed by atoms with E-state index in [1.165, 1.54) is 48.7 Å². The quantitative estimate of drug-likeness (QED) is 0.252. The number of para-hydroxylation sites is 1. The molecule has 6 rings (SSSR count). The van der Waals surface area contributed by atoms with Crippen LogP contribution in [0.25, 0.3) is 48.7 Å². The summed E-state index contributed by atoms with van der Waals surface area (Å²) in [5.74, 6) is 0. The summed E-state index contributed by atoms with van der Waals surface area (Å²) in [5.41, 5.74) is 7.24. The number of hydrogen-bond acceptors (Lipinski definition) is 2. The van der Waals surface area contributed by atoms with Gasteiger partial charge in [-0.25, -0.2) is 0 Å². The zero-order valence-corrected chi connectivity index (χ0v) is 18.5. The number of rotatable bonds is 5. The number of benzene rings is 3. The molecule has 3 aromatic heterocycles. The molecule has 154 valence electrons. The van der Waals surface area contributed by atoms with Crippen molar-refractivity contribution in [2.24, 2.45) is 0 Å². The molecule has 0 saturated heterocycles. The van der Waals surface area contributed by atoms with Crippen LogP contribution in [0.3, 0.4) is 0 Å². The minimum Gasteiger partial charge on any atom is -0.309 e. The maximum atomic E-state index is 4.45. The number of nitrogens with zero attached hydrogens (tertiary/aromatic N) is 2. The van der Waals surface area contributed by atoms with Gasteiger partial charge in [0.25, 0.3) is 0 Å². The molecule has 0 unspecified atom stereocenters. The summed E-state index contributed by atoms with van der Waals surface area (Å²) in [6, 6.07) is 26.5. The highest BCUT2D eigenvalue weighted by Crippen LogP contribution is 2.38. The van der Waals surface area contributed by atoms with Crippen LogP contribution in [-0.2, 0) is 6.42 Å². The van der Waals surface area contributed by atoms with Crippen LogP contribution in [0.1, 0.15) is 12.0 Å². The van der Waals surface area contributed by atoms with Crippen molar-refractivity contribution in [2.45, 2.75) is 12.8 Å². The highest BCUT2D eigenvalue weighted by Gasteiger charge is 2.15. The van der Waals surface area contributed by atoms with Gasteiger partial charge in [0.15, 0.2) is 0 Å². The van der Waals surface area contributed by atoms with E-state index in [4.69, 9.17) is 0 Å². The molecular formula is C29H22N2S. The van der Waals surface area contributed by atoms with E-state index in [1.807, 2.05) is 18.5 Å². The summed E-state index contributed by atoms with van der Waals surface area (Å²) in [6.07, 6.45) is 7.79. The second kappa shape index (κ2) is 7.77. The highest BCUT2D eigenvalue weighted by atomic mass is 32.1. The van der Waals surface area contributed by atoms with E-state index >= 15 is 0 Å². The second-order valence-corrected chi connectivity index (χ2v) is 9.05. The van der Waals surface area contributed by atoms with Crippen molar-refractivity contribution in [3.8, 4) is 16.8 Å². The van der Waals surface area contributed by atoms with Crippen LogP contribution in [0.4, 0.5) is 0 Å². The number of hydrogen-bond donors (Lipinski definition) is 0. The molecule has 3 heteroatoms. The molecule has 0 aliphatic carbocycles. The van der Waals surface area contributed by atoms with Gasteiger partial charge in [0, 0.05) is 44.5 Å². The second-order valence-electron chi connectivity index (χ2n) is 8.10. The van der Waals surface area contributed by atoms with Gasteiger partial charge in [-0.2, -0.15) is 0 Å². The van der Waals surface area contributed by atoms with Gasteiger partial charge in [-0.15, -0.1) is 17.9 Å². The van der Waals surface area contributed by atoms with Crippen molar-refractivity contribution in [1.29, 1.82) is 0 Å². The minimum atomic E-state index is 0.968. The van der Waals surface area contributed by atoms with Gasteiger partial charge < -0.3 is 4.57 Å². The molecule has 6 aromatic rings. The van der Waals surface area contributed by atoms with Crippen LogP contribution in [0.5, 0.6) is 0 Å². The summed E-state index contributed by atoms with van der Waals surface area (Å²) < 4.78 is 3.71. The molecule has 3 heterocycles. The van der Waals surface area contributed by atoms with Crippen LogP contribution in [0, 0.1) is 0 Å². The molecule has 0 aliphatic heterocycles. The fourth-order valence-electron chi connectivity index (χ4n) is 4.64. The Morgan fingerprint density at radius 1 is 0.844 bits per heavy atom. The highest BCUT2D eigenvalue weighted by molar-refractivity contribution is 7.17. The van der Waals surface area contributed by atoms with Gasteiger partial charge in [-0.1, -0.05) is 36.4 Å². The Balaban J connectivity index is 1.49. The number of pyridine rings is 1. The number of aromatic nitrogens is 2. The smallest absolute Gasteiger partial charge is 0.0548 e. The van der Waals surface area contributed by atoms with Gasteiger partial charge in [-0.3, -0.25) is 4.98 Å². The van der Waals surface area contributed by atoms with Crippen molar-refractivity contribution >= 4 is 43.2 Å². The lowest BCUT2D eigenvalue weighted by atomic mass is 10.0. The number of aryl methyl sites for hydroxylation is 1. The molecule has 0 fully saturated rings. The molecule has 0 radical (unpaired) electrons. The van der Waals surface area contributed by atoms with E-state index in [9.17, 15) is 0 Å². The fraction of sp³-hybridized carbons (Fsp3) is 0.0690. The molecule has 0 aliphatic rings. The Bertz CT molecular complexity index is 1590. The van der Waals surface area contributed by atoms with E-state index in [0.717, 1.165) is 18.4 Å². The van der Waals surface area contributed by atoms with E-state index in [0.29, 0.717) is 0 Å². The molecule has 3 aromatic carbocycles. The summed E-state index contributed by atoms with van der Waals surface area (Å²) in [4.78, 5) is 4.45. The third-order valence-corrected chi connectivity index (χ3v) is 7.04. The average molecular weight is 431 g/mol. The predicted molar refractivity (Wildman–Crippen MR) is 138 cm³/mol. The summed E-state index contributed by atoms with van der Waals surface area (Å²) in [7, 11) is 0. The lowest BCUT2D eigenvalue weighted by Crippen LogP contribution is -1.94. The molecule has 32 heavy (non-hydrogen) atoms. The van der Waals surface area contributed by atoms with Crippen LogP contribution in [0.15, 0.2) is 103 Å². The summed E-state index contributed by atoms with van der Waals surface area (Å²) >= 11 is 1.80. The zero-order chi connectivity index (χ0) is 21.5. The minimum absolute atomic E-state index is 0.968. The van der Waals surface area contributed by atoms with E-state index in [-0.39, 0.29) is 0 Å². The van der Waals surface area contributed by atoms with Crippen LogP contribution < -0.4 is 0 Å². The summed E-state index contributed by atoms with van der Waals surface area (Å²) in [5, 5.41) is 6.15. The molecule has 0 amide bonds. The summed E-state index contributed by atoms with van der Waals surface area (Å²) in [6.45, 7) is 3.82. The third-order valence-electron chi connectivity index (χ3n) is 6.16. The Kier molecular flexibility index (Phi) is 4.62. The first-order valence-electron chi connectivity index (χ1n) is 10.9. The largest absolute Gasteiger partial charge is 0.309 e. The standard InChI is InChI=1S/C29H22N2S/c1-2-3-6-20-17-22(19-30-18-20)21-9-11-23(12-10-21)31-26-8-5-4-7-24(26)29-25-15-16-32-28(25)14-13-27(29)31/h2,4-5,7-19H,1,3,6H2. The van der Waals surface area contributed by atoms with Gasteiger partial charge in [0.2, 0.25) is 0 Å². The number of allylic oxidation sites excluding steroid dienone is 1. The van der Waals surface area contributed by atoms with Crippen LogP contribution in [-0.4, -0.2) is 9.55 Å². The molecule has 0 spiro atoms. The Hall–Kier alpha value is -3.69.